The summed E-state index contributed by atoms with van der Waals surface area (Å²) < 4.78 is 10.5. The minimum atomic E-state index is -0.0649. The van der Waals surface area contributed by atoms with Gasteiger partial charge in [-0.25, -0.2) is 4.98 Å². The Morgan fingerprint density at radius 1 is 1.53 bits per heavy atom. The molecule has 0 aliphatic rings. The molecule has 1 heterocycles. The van der Waals surface area contributed by atoms with Crippen molar-refractivity contribution in [3.05, 3.63) is 36.4 Å². The van der Waals surface area contributed by atoms with E-state index in [9.17, 15) is 0 Å². The van der Waals surface area contributed by atoms with Gasteiger partial charge in [0.05, 0.1) is 13.3 Å². The molecule has 0 saturated heterocycles. The molecule has 7 heteroatoms. The quantitative estimate of drug-likeness (QED) is 0.748. The van der Waals surface area contributed by atoms with Crippen molar-refractivity contribution in [2.24, 2.45) is 5.10 Å². The normalized spacial score (nSPS) is 10.3. The fraction of sp³-hybridized carbons (Fsp3) is 0.167. The maximum absolute atomic E-state index is 8.59. The number of ether oxygens (including phenoxy) is 2. The van der Waals surface area contributed by atoms with Gasteiger partial charge < -0.3 is 9.47 Å². The summed E-state index contributed by atoms with van der Waals surface area (Å²) in [5.74, 6) is 1.01. The molecule has 19 heavy (non-hydrogen) atoms. The summed E-state index contributed by atoms with van der Waals surface area (Å²) >= 11 is 0. The van der Waals surface area contributed by atoms with Crippen molar-refractivity contribution in [3.8, 4) is 17.6 Å². The summed E-state index contributed by atoms with van der Waals surface area (Å²) in [5, 5.41) is 16.5. The van der Waals surface area contributed by atoms with Crippen LogP contribution in [0.3, 0.4) is 0 Å². The Bertz CT molecular complexity index is 601. The van der Waals surface area contributed by atoms with Gasteiger partial charge in [-0.15, -0.1) is 9.89 Å². The maximum Gasteiger partial charge on any atom is 0.174 e. The molecule has 2 rings (SSSR count). The first-order chi connectivity index (χ1) is 9.35. The monoisotopic (exact) mass is 257 g/mol. The lowest BCUT2D eigenvalue weighted by molar-refractivity contribution is 0.329. The smallest absolute Gasteiger partial charge is 0.174 e. The Morgan fingerprint density at radius 2 is 2.42 bits per heavy atom. The first-order valence-corrected chi connectivity index (χ1v) is 5.41. The lowest BCUT2D eigenvalue weighted by atomic mass is 10.2. The molecule has 7 nitrogen and oxygen atoms in total. The van der Waals surface area contributed by atoms with E-state index in [-0.39, 0.29) is 6.61 Å². The van der Waals surface area contributed by atoms with Crippen LogP contribution in [0.25, 0.3) is 0 Å². The second-order valence-corrected chi connectivity index (χ2v) is 3.39. The van der Waals surface area contributed by atoms with Crippen molar-refractivity contribution in [1.29, 1.82) is 5.26 Å². The number of hydrogen-bond acceptors (Lipinski definition) is 6. The molecular weight excluding hydrogens is 246 g/mol. The molecule has 0 aliphatic carbocycles. The average molecular weight is 257 g/mol. The zero-order chi connectivity index (χ0) is 13.5. The Hall–Kier alpha value is -2.88. The molecule has 0 amide bonds. The van der Waals surface area contributed by atoms with E-state index in [4.69, 9.17) is 14.7 Å². The minimum absolute atomic E-state index is 0.0649. The zero-order valence-electron chi connectivity index (χ0n) is 10.2. The number of nitrogens with zero attached hydrogens (tertiary/aromatic N) is 5. The van der Waals surface area contributed by atoms with Crippen LogP contribution in [0.5, 0.6) is 11.5 Å². The molecule has 0 N–H and O–H groups in total. The number of hydrogen-bond donors (Lipinski definition) is 0. The predicted octanol–water partition coefficient (Wildman–Crippen LogP) is 1.07. The van der Waals surface area contributed by atoms with Gasteiger partial charge in [-0.3, -0.25) is 0 Å². The largest absolute Gasteiger partial charge is 0.493 e. The van der Waals surface area contributed by atoms with Gasteiger partial charge in [-0.1, -0.05) is 6.07 Å². The van der Waals surface area contributed by atoms with Crippen molar-refractivity contribution in [3.63, 3.8) is 0 Å². The number of rotatable bonds is 5. The van der Waals surface area contributed by atoms with E-state index in [1.807, 2.05) is 6.07 Å². The van der Waals surface area contributed by atoms with Gasteiger partial charge in [0.15, 0.2) is 18.1 Å². The van der Waals surface area contributed by atoms with Crippen LogP contribution < -0.4 is 9.47 Å². The third kappa shape index (κ3) is 3.07. The molecule has 0 spiro atoms. The van der Waals surface area contributed by atoms with E-state index in [1.54, 1.807) is 24.4 Å². The molecule has 0 aliphatic heterocycles. The van der Waals surface area contributed by atoms with Crippen molar-refractivity contribution in [2.75, 3.05) is 13.7 Å². The first-order valence-electron chi connectivity index (χ1n) is 5.41. The van der Waals surface area contributed by atoms with Gasteiger partial charge in [0.1, 0.15) is 18.7 Å². The van der Waals surface area contributed by atoms with Gasteiger partial charge in [-0.2, -0.15) is 10.4 Å². The molecular formula is C12H11N5O2. The number of benzene rings is 1. The lowest BCUT2D eigenvalue weighted by Gasteiger charge is -2.10. The third-order valence-electron chi connectivity index (χ3n) is 2.23. The summed E-state index contributed by atoms with van der Waals surface area (Å²) in [6.45, 7) is -0.0649. The van der Waals surface area contributed by atoms with Crippen LogP contribution in [0.2, 0.25) is 0 Å². The van der Waals surface area contributed by atoms with Crippen LogP contribution in [0, 0.1) is 11.3 Å². The fourth-order valence-corrected chi connectivity index (χ4v) is 1.44. The standard InChI is InChI=1S/C12H11N5O2/c1-18-11-4-2-3-10(12(11)19-6-5-13)7-15-17-9-14-8-16-17/h2-4,7-9H,6H2,1H3/b15-7+. The highest BCUT2D eigenvalue weighted by molar-refractivity contribution is 5.85. The van der Waals surface area contributed by atoms with Crippen molar-refractivity contribution in [1.82, 2.24) is 14.9 Å². The van der Waals surface area contributed by atoms with E-state index in [0.29, 0.717) is 17.1 Å². The number of methoxy groups -OCH3 is 1. The zero-order valence-corrected chi connectivity index (χ0v) is 10.2. The third-order valence-corrected chi connectivity index (χ3v) is 2.23. The molecule has 1 aromatic heterocycles. The summed E-state index contributed by atoms with van der Waals surface area (Å²) in [6.07, 6.45) is 4.41. The Morgan fingerprint density at radius 3 is 3.11 bits per heavy atom. The van der Waals surface area contributed by atoms with E-state index in [0.717, 1.165) is 0 Å². The summed E-state index contributed by atoms with van der Waals surface area (Å²) in [4.78, 5) is 5.09. The van der Waals surface area contributed by atoms with Gasteiger partial charge in [0.2, 0.25) is 0 Å². The highest BCUT2D eigenvalue weighted by Crippen LogP contribution is 2.29. The first kappa shape index (κ1) is 12.6. The fourth-order valence-electron chi connectivity index (χ4n) is 1.44. The topological polar surface area (TPSA) is 85.3 Å². The predicted molar refractivity (Wildman–Crippen MR) is 67.1 cm³/mol. The maximum atomic E-state index is 8.59. The van der Waals surface area contributed by atoms with Crippen LogP contribution in [0.15, 0.2) is 36.0 Å². The van der Waals surface area contributed by atoms with E-state index >= 15 is 0 Å². The number of para-hydroxylation sites is 1. The molecule has 0 radical (unpaired) electrons. The van der Waals surface area contributed by atoms with E-state index in [2.05, 4.69) is 15.2 Å². The van der Waals surface area contributed by atoms with Crippen molar-refractivity contribution >= 4 is 6.21 Å². The second-order valence-electron chi connectivity index (χ2n) is 3.39. The van der Waals surface area contributed by atoms with Gasteiger partial charge in [0, 0.05) is 5.56 Å². The number of aromatic nitrogens is 3. The molecule has 2 aromatic rings. The highest BCUT2D eigenvalue weighted by atomic mass is 16.5. The molecule has 0 unspecified atom stereocenters. The molecule has 0 bridgehead atoms. The average Bonchev–Trinajstić information content (AvgIpc) is 2.96. The lowest BCUT2D eigenvalue weighted by Crippen LogP contribution is -2.01. The Labute approximate surface area is 109 Å². The summed E-state index contributed by atoms with van der Waals surface area (Å²) in [5.41, 5.74) is 0.685. The van der Waals surface area contributed by atoms with Crippen LogP contribution in [-0.4, -0.2) is 34.8 Å². The van der Waals surface area contributed by atoms with Crippen molar-refractivity contribution < 1.29 is 9.47 Å². The summed E-state index contributed by atoms with van der Waals surface area (Å²) in [6, 6.07) is 7.27. The molecule has 1 aromatic carbocycles. The summed E-state index contributed by atoms with van der Waals surface area (Å²) in [7, 11) is 1.53. The van der Waals surface area contributed by atoms with E-state index in [1.165, 1.54) is 24.6 Å². The van der Waals surface area contributed by atoms with E-state index < -0.39 is 0 Å². The van der Waals surface area contributed by atoms with Crippen LogP contribution in [0.4, 0.5) is 0 Å². The van der Waals surface area contributed by atoms with Gasteiger partial charge in [0.25, 0.3) is 0 Å². The van der Waals surface area contributed by atoms with Crippen LogP contribution >= 0.6 is 0 Å². The Kier molecular flexibility index (Phi) is 4.08. The molecule has 0 atom stereocenters. The second kappa shape index (κ2) is 6.16. The highest BCUT2D eigenvalue weighted by Gasteiger charge is 2.08. The molecule has 0 fully saturated rings. The van der Waals surface area contributed by atoms with Crippen LogP contribution in [0.1, 0.15) is 5.56 Å². The van der Waals surface area contributed by atoms with Gasteiger partial charge >= 0.3 is 0 Å². The number of nitriles is 1. The van der Waals surface area contributed by atoms with Crippen LogP contribution in [-0.2, 0) is 0 Å². The van der Waals surface area contributed by atoms with Gasteiger partial charge in [-0.05, 0) is 12.1 Å². The molecule has 96 valence electrons. The molecule has 0 saturated carbocycles. The minimum Gasteiger partial charge on any atom is -0.493 e. The van der Waals surface area contributed by atoms with Crippen molar-refractivity contribution in [2.45, 2.75) is 0 Å². The SMILES string of the molecule is COc1cccc(/C=N/n2cncn2)c1OCC#N. The Balaban J connectivity index is 2.30.